The SMILES string of the molecule is C=CCOC12Oc3ccc(O)cc3C3C(CCCCO)C(CCCCO)C=C(C(=NOCC)CC1N(CCOCCO)C(=O)OCCCl)C32. The number of phenols is 1. The van der Waals surface area contributed by atoms with E-state index in [0.29, 0.717) is 30.9 Å². The summed E-state index contributed by atoms with van der Waals surface area (Å²) in [5, 5.41) is 44.1. The first kappa shape index (κ1) is 38.9. The fourth-order valence-corrected chi connectivity index (χ4v) is 7.79. The molecule has 1 aromatic carbocycles. The molecule has 0 radical (unpaired) electrons. The Bertz CT molecular complexity index is 1280. The Balaban J connectivity index is 1.98. The van der Waals surface area contributed by atoms with Gasteiger partial charge >= 0.3 is 6.09 Å². The van der Waals surface area contributed by atoms with Gasteiger partial charge in [-0.15, -0.1) is 18.2 Å². The average molecular weight is 709 g/mol. The Hall–Kier alpha value is -2.87. The Labute approximate surface area is 294 Å². The third-order valence-corrected chi connectivity index (χ3v) is 9.74. The smallest absolute Gasteiger partial charge is 0.410 e. The van der Waals surface area contributed by atoms with Crippen molar-refractivity contribution in [1.82, 2.24) is 4.90 Å². The molecule has 4 rings (SSSR count). The highest BCUT2D eigenvalue weighted by Crippen LogP contribution is 2.61. The van der Waals surface area contributed by atoms with Crippen LogP contribution in [-0.2, 0) is 19.0 Å². The zero-order valence-corrected chi connectivity index (χ0v) is 29.3. The van der Waals surface area contributed by atoms with Gasteiger partial charge in [0, 0.05) is 37.7 Å². The summed E-state index contributed by atoms with van der Waals surface area (Å²) in [5.41, 5.74) is 2.37. The lowest BCUT2D eigenvalue weighted by molar-refractivity contribution is -0.256. The van der Waals surface area contributed by atoms with Crippen LogP contribution in [-0.4, -0.2) is 114 Å². The summed E-state index contributed by atoms with van der Waals surface area (Å²) in [5.74, 6) is -1.35. The number of allylic oxidation sites excluding steroid dienone is 1. The predicted octanol–water partition coefficient (Wildman–Crippen LogP) is 4.73. The van der Waals surface area contributed by atoms with Gasteiger partial charge in [-0.2, -0.15) is 0 Å². The minimum Gasteiger partial charge on any atom is -0.508 e. The van der Waals surface area contributed by atoms with Crippen molar-refractivity contribution in [3.05, 3.63) is 48.1 Å². The molecule has 2 aliphatic carbocycles. The van der Waals surface area contributed by atoms with Crippen LogP contribution < -0.4 is 4.74 Å². The number of rotatable bonds is 21. The molecule has 1 saturated carbocycles. The lowest BCUT2D eigenvalue weighted by Crippen LogP contribution is -2.70. The van der Waals surface area contributed by atoms with E-state index in [2.05, 4.69) is 17.8 Å². The van der Waals surface area contributed by atoms with Crippen LogP contribution in [0.1, 0.15) is 63.4 Å². The number of amides is 1. The maximum atomic E-state index is 13.9. The molecule has 3 aliphatic rings. The first-order chi connectivity index (χ1) is 23.9. The predicted molar refractivity (Wildman–Crippen MR) is 185 cm³/mol. The number of alkyl halides is 1. The van der Waals surface area contributed by atoms with E-state index in [0.717, 1.165) is 36.8 Å². The van der Waals surface area contributed by atoms with Crippen molar-refractivity contribution in [3.8, 4) is 11.5 Å². The van der Waals surface area contributed by atoms with Crippen LogP contribution in [0.5, 0.6) is 11.5 Å². The van der Waals surface area contributed by atoms with Crippen LogP contribution in [0.15, 0.2) is 47.7 Å². The second-order valence-electron chi connectivity index (χ2n) is 12.5. The summed E-state index contributed by atoms with van der Waals surface area (Å²) in [6.07, 6.45) is 7.97. The number of nitrogens with zero attached hydrogens (tertiary/aromatic N) is 2. The quantitative estimate of drug-likeness (QED) is 0.0609. The third-order valence-electron chi connectivity index (χ3n) is 9.59. The molecule has 274 valence electrons. The second kappa shape index (κ2) is 19.5. The number of aliphatic hydroxyl groups excluding tert-OH is 3. The first-order valence-electron chi connectivity index (χ1n) is 17.5. The number of halogens is 1. The lowest BCUT2D eigenvalue weighted by atomic mass is 9.55. The van der Waals surface area contributed by atoms with Crippen LogP contribution in [0.25, 0.3) is 0 Å². The molecule has 0 spiro atoms. The Morgan fingerprint density at radius 2 is 1.90 bits per heavy atom. The van der Waals surface area contributed by atoms with Gasteiger partial charge in [-0.3, -0.25) is 4.90 Å². The van der Waals surface area contributed by atoms with Crippen molar-refractivity contribution in [2.75, 3.05) is 65.3 Å². The van der Waals surface area contributed by atoms with Gasteiger partial charge < -0.3 is 44.2 Å². The summed E-state index contributed by atoms with van der Waals surface area (Å²) in [4.78, 5) is 21.1. The van der Waals surface area contributed by atoms with Gasteiger partial charge in [0.15, 0.2) is 0 Å². The highest BCUT2D eigenvalue weighted by atomic mass is 35.5. The number of ether oxygens (including phenoxy) is 4. The Morgan fingerprint density at radius 1 is 1.12 bits per heavy atom. The fraction of sp³-hybridized carbons (Fsp3) is 0.667. The molecule has 1 aromatic rings. The number of carbonyl (C=O) groups excluding carboxylic acids is 1. The van der Waals surface area contributed by atoms with E-state index in [4.69, 9.17) is 35.4 Å². The second-order valence-corrected chi connectivity index (χ2v) is 12.9. The van der Waals surface area contributed by atoms with Crippen molar-refractivity contribution in [3.63, 3.8) is 0 Å². The lowest BCUT2D eigenvalue weighted by Gasteiger charge is -2.59. The van der Waals surface area contributed by atoms with E-state index in [9.17, 15) is 25.2 Å². The highest BCUT2D eigenvalue weighted by Gasteiger charge is 2.65. The van der Waals surface area contributed by atoms with E-state index in [1.807, 2.05) is 6.92 Å². The number of benzene rings is 1. The number of unbranched alkanes of at least 4 members (excludes halogenated alkanes) is 2. The number of hydrogen-bond acceptors (Lipinski definition) is 11. The fourth-order valence-electron chi connectivity index (χ4n) is 7.71. The molecule has 13 heteroatoms. The van der Waals surface area contributed by atoms with Crippen molar-refractivity contribution >= 4 is 23.4 Å². The molecule has 0 aromatic heterocycles. The van der Waals surface area contributed by atoms with E-state index in [1.165, 1.54) is 0 Å². The summed E-state index contributed by atoms with van der Waals surface area (Å²) in [7, 11) is 0. The molecular weight excluding hydrogens is 656 g/mol. The van der Waals surface area contributed by atoms with Gasteiger partial charge in [-0.05, 0) is 68.2 Å². The van der Waals surface area contributed by atoms with Crippen molar-refractivity contribution in [2.45, 2.75) is 69.6 Å². The van der Waals surface area contributed by atoms with E-state index in [-0.39, 0.29) is 88.6 Å². The van der Waals surface area contributed by atoms with Crippen LogP contribution in [0.3, 0.4) is 0 Å². The van der Waals surface area contributed by atoms with Gasteiger partial charge in [0.25, 0.3) is 0 Å². The summed E-state index contributed by atoms with van der Waals surface area (Å²) in [6.45, 7) is 6.53. The molecule has 6 unspecified atom stereocenters. The summed E-state index contributed by atoms with van der Waals surface area (Å²) >= 11 is 5.93. The number of aliphatic hydroxyl groups is 3. The maximum absolute atomic E-state index is 13.9. The molecule has 0 bridgehead atoms. The molecule has 49 heavy (non-hydrogen) atoms. The van der Waals surface area contributed by atoms with Crippen molar-refractivity contribution in [1.29, 1.82) is 0 Å². The molecule has 4 N–H and O–H groups in total. The van der Waals surface area contributed by atoms with Crippen molar-refractivity contribution < 1.29 is 49.0 Å². The maximum Gasteiger partial charge on any atom is 0.410 e. The van der Waals surface area contributed by atoms with E-state index in [1.54, 1.807) is 29.2 Å². The number of oxime groups is 1. The minimum atomic E-state index is -1.46. The zero-order chi connectivity index (χ0) is 35.2. The standard InChI is InChI=1S/C36H53ClN2O10/c1-3-18-47-36-32(39(14-20-45-21-17-42)35(44)46-19-13-37)24-30(38-48-4-2)28-22-25(9-5-7-15-40)27(10-6-8-16-41)33(34(28)36)29-23-26(43)11-12-31(29)49-36/h3,11-12,22-23,25,27,32-34,40-43H,1,4-10,13-21,24H2,2H3. The molecule has 1 amide bonds. The van der Waals surface area contributed by atoms with Crippen LogP contribution in [0, 0.1) is 17.8 Å². The van der Waals surface area contributed by atoms with E-state index < -0.39 is 23.8 Å². The number of phenolic OH excluding ortho intramolecular Hbond substituents is 1. The Kier molecular flexibility index (Phi) is 15.5. The molecule has 0 saturated heterocycles. The summed E-state index contributed by atoms with van der Waals surface area (Å²) < 4.78 is 25.0. The number of hydrogen-bond donors (Lipinski definition) is 4. The minimum absolute atomic E-state index is 0.00978. The van der Waals surface area contributed by atoms with Gasteiger partial charge in [0.1, 0.15) is 30.8 Å². The molecule has 1 heterocycles. The van der Waals surface area contributed by atoms with Gasteiger partial charge in [0.05, 0.1) is 43.9 Å². The molecular formula is C36H53ClN2O10. The monoisotopic (exact) mass is 708 g/mol. The van der Waals surface area contributed by atoms with Gasteiger partial charge in [0.2, 0.25) is 5.79 Å². The number of fused-ring (bicyclic) bond motifs is 2. The van der Waals surface area contributed by atoms with Crippen molar-refractivity contribution in [2.24, 2.45) is 22.9 Å². The largest absolute Gasteiger partial charge is 0.508 e. The molecule has 1 fully saturated rings. The molecule has 6 atom stereocenters. The van der Waals surface area contributed by atoms with Crippen LogP contribution in [0.2, 0.25) is 0 Å². The van der Waals surface area contributed by atoms with Gasteiger partial charge in [-0.25, -0.2) is 4.79 Å². The van der Waals surface area contributed by atoms with Gasteiger partial charge in [-0.1, -0.05) is 30.1 Å². The highest BCUT2D eigenvalue weighted by molar-refractivity contribution is 6.18. The normalized spacial score (nSPS) is 26.3. The number of carbonyl (C=O) groups is 1. The van der Waals surface area contributed by atoms with E-state index >= 15 is 0 Å². The summed E-state index contributed by atoms with van der Waals surface area (Å²) in [6, 6.07) is 4.28. The first-order valence-corrected chi connectivity index (χ1v) is 18.0. The molecule has 1 aliphatic heterocycles. The molecule has 12 nitrogen and oxygen atoms in total. The number of aromatic hydroxyl groups is 1. The zero-order valence-electron chi connectivity index (χ0n) is 28.5. The average Bonchev–Trinajstić information content (AvgIpc) is 3.10. The Morgan fingerprint density at radius 3 is 2.59 bits per heavy atom. The van der Waals surface area contributed by atoms with Crippen LogP contribution >= 0.6 is 11.6 Å². The topological polar surface area (TPSA) is 160 Å². The van der Waals surface area contributed by atoms with Crippen LogP contribution in [0.4, 0.5) is 4.79 Å². The third kappa shape index (κ3) is 9.08.